The molecule has 2 nitrogen and oxygen atoms in total. The topological polar surface area (TPSA) is 24.7 Å². The third-order valence-electron chi connectivity index (χ3n) is 2.86. The molecule has 1 heterocycles. The molecule has 0 fully saturated rings. The number of hydrogen-bond donors (Lipinski definition) is 0. The molecule has 0 aromatic heterocycles. The predicted molar refractivity (Wildman–Crippen MR) is 73.3 cm³/mol. The Hall–Kier alpha value is -2.16. The standard InChI is InChI=1S/C14H11BN2/c1-3-7-12(8-4-1)14-15(17-11-16-14)13-9-5-2-6-10-13/h1-11H. The molecule has 17 heavy (non-hydrogen) atoms. The summed E-state index contributed by atoms with van der Waals surface area (Å²) in [6.07, 6.45) is 1.65. The van der Waals surface area contributed by atoms with Crippen LogP contribution in [0.2, 0.25) is 0 Å². The predicted octanol–water partition coefficient (Wildman–Crippen LogP) is 1.96. The van der Waals surface area contributed by atoms with E-state index in [4.69, 9.17) is 0 Å². The molecule has 2 aromatic carbocycles. The molecule has 0 bridgehead atoms. The Morgan fingerprint density at radius 2 is 1.41 bits per heavy atom. The van der Waals surface area contributed by atoms with E-state index >= 15 is 0 Å². The molecule has 2 aromatic rings. The van der Waals surface area contributed by atoms with Gasteiger partial charge in [-0.25, -0.2) is 4.99 Å². The quantitative estimate of drug-likeness (QED) is 0.688. The Morgan fingerprint density at radius 3 is 2.12 bits per heavy atom. The van der Waals surface area contributed by atoms with Gasteiger partial charge in [0.05, 0.1) is 6.34 Å². The maximum absolute atomic E-state index is 4.44. The fourth-order valence-corrected chi connectivity index (χ4v) is 2.02. The Balaban J connectivity index is 1.98. The zero-order valence-electron chi connectivity index (χ0n) is 9.32. The molecule has 0 amide bonds. The van der Waals surface area contributed by atoms with Gasteiger partial charge in [0, 0.05) is 5.61 Å². The number of rotatable bonds is 2. The first-order chi connectivity index (χ1) is 8.45. The molecule has 0 radical (unpaired) electrons. The summed E-state index contributed by atoms with van der Waals surface area (Å²) in [6.45, 7) is 0.0404. The molecule has 0 N–H and O–H groups in total. The normalized spacial score (nSPS) is 13.9. The summed E-state index contributed by atoms with van der Waals surface area (Å²) in [5.41, 5.74) is 3.35. The largest absolute Gasteiger partial charge is 0.365 e. The van der Waals surface area contributed by atoms with Crippen LogP contribution in [0.1, 0.15) is 5.56 Å². The van der Waals surface area contributed by atoms with Crippen molar-refractivity contribution in [3.05, 3.63) is 66.2 Å². The molecule has 0 spiro atoms. The van der Waals surface area contributed by atoms with E-state index in [9.17, 15) is 0 Å². The Kier molecular flexibility index (Phi) is 2.58. The number of hydrogen-bond acceptors (Lipinski definition) is 2. The monoisotopic (exact) mass is 218 g/mol. The minimum atomic E-state index is 0.0404. The first-order valence-corrected chi connectivity index (χ1v) is 5.65. The second kappa shape index (κ2) is 4.38. The smallest absolute Gasteiger partial charge is 0.318 e. The van der Waals surface area contributed by atoms with E-state index in [1.165, 1.54) is 5.46 Å². The van der Waals surface area contributed by atoms with Crippen LogP contribution in [0.4, 0.5) is 0 Å². The average molecular weight is 218 g/mol. The van der Waals surface area contributed by atoms with Crippen molar-refractivity contribution in [2.45, 2.75) is 0 Å². The van der Waals surface area contributed by atoms with Crippen molar-refractivity contribution in [3.63, 3.8) is 0 Å². The van der Waals surface area contributed by atoms with Gasteiger partial charge in [0.25, 0.3) is 0 Å². The van der Waals surface area contributed by atoms with Crippen molar-refractivity contribution in [2.75, 3.05) is 0 Å². The van der Waals surface area contributed by atoms with E-state index < -0.39 is 0 Å². The summed E-state index contributed by atoms with van der Waals surface area (Å²) in [7, 11) is 0. The first-order valence-electron chi connectivity index (χ1n) is 5.65. The lowest BCUT2D eigenvalue weighted by atomic mass is 9.52. The molecular formula is C14H11BN2. The molecule has 1 aliphatic heterocycles. The van der Waals surface area contributed by atoms with E-state index in [-0.39, 0.29) is 6.85 Å². The van der Waals surface area contributed by atoms with Crippen LogP contribution in [0.5, 0.6) is 0 Å². The van der Waals surface area contributed by atoms with E-state index in [0.717, 1.165) is 11.2 Å². The van der Waals surface area contributed by atoms with Gasteiger partial charge in [-0.15, -0.1) is 0 Å². The average Bonchev–Trinajstić information content (AvgIpc) is 2.90. The highest BCUT2D eigenvalue weighted by atomic mass is 14.9. The molecule has 3 heteroatoms. The molecular weight excluding hydrogens is 207 g/mol. The van der Waals surface area contributed by atoms with Crippen molar-refractivity contribution in [2.24, 2.45) is 9.90 Å². The minimum absolute atomic E-state index is 0.0404. The fraction of sp³-hybridized carbons (Fsp3) is 0. The Labute approximate surface area is 101 Å². The molecule has 1 aliphatic rings. The van der Waals surface area contributed by atoms with E-state index in [1.807, 2.05) is 36.4 Å². The SMILES string of the molecule is C1=NB(c2ccccc2)C(c2ccccc2)=N1. The summed E-state index contributed by atoms with van der Waals surface area (Å²) in [5.74, 6) is 0. The highest BCUT2D eigenvalue weighted by Crippen LogP contribution is 2.09. The van der Waals surface area contributed by atoms with Crippen LogP contribution in [0.15, 0.2) is 70.6 Å². The second-order valence-corrected chi connectivity index (χ2v) is 3.96. The van der Waals surface area contributed by atoms with Gasteiger partial charge in [0.15, 0.2) is 0 Å². The van der Waals surface area contributed by atoms with Gasteiger partial charge in [0.1, 0.15) is 0 Å². The number of benzene rings is 2. The van der Waals surface area contributed by atoms with Crippen molar-refractivity contribution in [3.8, 4) is 0 Å². The van der Waals surface area contributed by atoms with Crippen LogP contribution in [0.25, 0.3) is 0 Å². The number of aliphatic imine (C=N–C) groups is 1. The maximum Gasteiger partial charge on any atom is 0.365 e. The van der Waals surface area contributed by atoms with Crippen molar-refractivity contribution < 1.29 is 0 Å². The first kappa shape index (κ1) is 10.0. The summed E-state index contributed by atoms with van der Waals surface area (Å²) in [5, 5.41) is 0. The van der Waals surface area contributed by atoms with Gasteiger partial charge in [0.2, 0.25) is 0 Å². The zero-order chi connectivity index (χ0) is 11.5. The molecule has 0 unspecified atom stereocenters. The minimum Gasteiger partial charge on any atom is -0.318 e. The fourth-order valence-electron chi connectivity index (χ4n) is 2.02. The van der Waals surface area contributed by atoms with Gasteiger partial charge in [-0.05, 0) is 11.0 Å². The van der Waals surface area contributed by atoms with Gasteiger partial charge >= 0.3 is 6.85 Å². The van der Waals surface area contributed by atoms with Crippen molar-refractivity contribution in [1.29, 1.82) is 0 Å². The highest BCUT2D eigenvalue weighted by molar-refractivity contribution is 7.03. The highest BCUT2D eigenvalue weighted by Gasteiger charge is 2.26. The van der Waals surface area contributed by atoms with Gasteiger partial charge in [-0.1, -0.05) is 60.7 Å². The van der Waals surface area contributed by atoms with Crippen LogP contribution in [0.3, 0.4) is 0 Å². The van der Waals surface area contributed by atoms with Crippen LogP contribution < -0.4 is 5.46 Å². The maximum atomic E-state index is 4.44. The molecule has 0 atom stereocenters. The molecule has 3 rings (SSSR count). The summed E-state index contributed by atoms with van der Waals surface area (Å²) >= 11 is 0. The van der Waals surface area contributed by atoms with E-state index in [0.29, 0.717) is 0 Å². The third kappa shape index (κ3) is 1.92. The zero-order valence-corrected chi connectivity index (χ0v) is 9.32. The summed E-state index contributed by atoms with van der Waals surface area (Å²) in [6, 6.07) is 20.5. The molecule has 0 saturated heterocycles. The lowest BCUT2D eigenvalue weighted by Crippen LogP contribution is -2.35. The lowest BCUT2D eigenvalue weighted by Gasteiger charge is -2.07. The second-order valence-electron chi connectivity index (χ2n) is 3.96. The molecule has 0 saturated carbocycles. The van der Waals surface area contributed by atoms with Crippen LogP contribution in [0, 0.1) is 0 Å². The van der Waals surface area contributed by atoms with E-state index in [2.05, 4.69) is 34.2 Å². The van der Waals surface area contributed by atoms with Crippen molar-refractivity contribution in [1.82, 2.24) is 0 Å². The third-order valence-corrected chi connectivity index (χ3v) is 2.86. The van der Waals surface area contributed by atoms with Crippen LogP contribution in [-0.4, -0.2) is 18.8 Å². The van der Waals surface area contributed by atoms with Crippen molar-refractivity contribution >= 4 is 24.3 Å². The van der Waals surface area contributed by atoms with Gasteiger partial charge < -0.3 is 4.90 Å². The van der Waals surface area contributed by atoms with E-state index in [1.54, 1.807) is 6.34 Å². The number of nitrogens with zero attached hydrogens (tertiary/aromatic N) is 2. The lowest BCUT2D eigenvalue weighted by molar-refractivity contribution is 1.65. The molecule has 0 aliphatic carbocycles. The van der Waals surface area contributed by atoms with Gasteiger partial charge in [-0.2, -0.15) is 0 Å². The summed E-state index contributed by atoms with van der Waals surface area (Å²) < 4.78 is 0. The van der Waals surface area contributed by atoms with Crippen LogP contribution >= 0.6 is 0 Å². The van der Waals surface area contributed by atoms with Gasteiger partial charge in [-0.3, -0.25) is 0 Å². The molecule has 80 valence electrons. The van der Waals surface area contributed by atoms with Crippen LogP contribution in [-0.2, 0) is 0 Å². The summed E-state index contributed by atoms with van der Waals surface area (Å²) in [4.78, 5) is 8.82. The Bertz CT molecular complexity index is 561. The Morgan fingerprint density at radius 1 is 0.765 bits per heavy atom.